The molecule has 2 N–H and O–H groups in total. The molecule has 0 aliphatic heterocycles. The minimum Gasteiger partial charge on any atom is -0.385 e. The van der Waals surface area contributed by atoms with Crippen LogP contribution < -0.4 is 5.73 Å². The van der Waals surface area contributed by atoms with Crippen molar-refractivity contribution < 1.29 is 4.74 Å². The van der Waals surface area contributed by atoms with E-state index in [0.29, 0.717) is 0 Å². The van der Waals surface area contributed by atoms with Gasteiger partial charge in [-0.1, -0.05) is 0 Å². The van der Waals surface area contributed by atoms with Crippen LogP contribution in [0.2, 0.25) is 0 Å². The highest BCUT2D eigenvalue weighted by molar-refractivity contribution is 4.49. The Labute approximate surface area is 44.7 Å². The van der Waals surface area contributed by atoms with Gasteiger partial charge in [0.25, 0.3) is 0 Å². The zero-order valence-corrected chi connectivity index (χ0v) is 4.98. The third kappa shape index (κ3) is 5.92. The van der Waals surface area contributed by atoms with Gasteiger partial charge in [0.2, 0.25) is 0 Å². The van der Waals surface area contributed by atoms with Crippen molar-refractivity contribution in [3.63, 3.8) is 0 Å². The lowest BCUT2D eigenvalue weighted by atomic mass is 10.3. The summed E-state index contributed by atoms with van der Waals surface area (Å²) in [5.74, 6) is 0. The van der Waals surface area contributed by atoms with Crippen LogP contribution in [0.5, 0.6) is 0 Å². The van der Waals surface area contributed by atoms with E-state index in [1.165, 1.54) is 0 Å². The summed E-state index contributed by atoms with van der Waals surface area (Å²) in [7, 11) is 1.68. The normalized spacial score (nSPS) is 14.1. The van der Waals surface area contributed by atoms with E-state index in [9.17, 15) is 0 Å². The van der Waals surface area contributed by atoms with E-state index in [1.807, 2.05) is 6.92 Å². The van der Waals surface area contributed by atoms with Crippen LogP contribution in [0.1, 0.15) is 13.3 Å². The molecule has 2 heteroatoms. The number of hydrogen-bond donors (Lipinski definition) is 1. The second-order valence-electron chi connectivity index (χ2n) is 1.76. The lowest BCUT2D eigenvalue weighted by molar-refractivity contribution is 0.189. The Bertz CT molecular complexity index is 37.1. The Hall–Kier alpha value is -0.0800. The van der Waals surface area contributed by atoms with Crippen LogP contribution in [0.4, 0.5) is 0 Å². The van der Waals surface area contributed by atoms with Gasteiger partial charge in [-0.2, -0.15) is 0 Å². The summed E-state index contributed by atoms with van der Waals surface area (Å²) in [5, 5.41) is 0. The number of methoxy groups -OCH3 is 1. The molecule has 2 nitrogen and oxygen atoms in total. The van der Waals surface area contributed by atoms with Crippen molar-refractivity contribution in [3.05, 3.63) is 0 Å². The fourth-order valence-electron chi connectivity index (χ4n) is 0.304. The number of nitrogens with two attached hydrogens (primary N) is 1. The molecule has 0 radical (unpaired) electrons. The quantitative estimate of drug-likeness (QED) is 0.560. The molecule has 0 aromatic carbocycles. The summed E-state index contributed by atoms with van der Waals surface area (Å²) in [6, 6.07) is 0.278. The van der Waals surface area contributed by atoms with E-state index in [2.05, 4.69) is 0 Å². The van der Waals surface area contributed by atoms with Crippen LogP contribution >= 0.6 is 0 Å². The molecule has 0 aromatic rings. The largest absolute Gasteiger partial charge is 0.385 e. The van der Waals surface area contributed by atoms with E-state index >= 15 is 0 Å². The van der Waals surface area contributed by atoms with E-state index in [1.54, 1.807) is 7.11 Å². The molecular formula is C5H13NO. The Morgan fingerprint density at radius 2 is 2.29 bits per heavy atom. The lowest BCUT2D eigenvalue weighted by Gasteiger charge is -2.00. The minimum absolute atomic E-state index is 0.278. The molecule has 0 unspecified atom stereocenters. The van der Waals surface area contributed by atoms with Gasteiger partial charge in [0, 0.05) is 19.8 Å². The molecule has 0 heterocycles. The molecule has 0 bridgehead atoms. The molecular weight excluding hydrogens is 90.1 g/mol. The van der Waals surface area contributed by atoms with Crippen molar-refractivity contribution in [1.82, 2.24) is 0 Å². The molecule has 0 rings (SSSR count). The van der Waals surface area contributed by atoms with Crippen molar-refractivity contribution in [2.24, 2.45) is 5.73 Å². The first-order valence-electron chi connectivity index (χ1n) is 2.52. The molecule has 0 spiro atoms. The van der Waals surface area contributed by atoms with E-state index < -0.39 is 0 Å². The van der Waals surface area contributed by atoms with Crippen molar-refractivity contribution in [2.75, 3.05) is 13.7 Å². The molecule has 0 aliphatic rings. The Balaban J connectivity index is 2.68. The highest BCUT2D eigenvalue weighted by Gasteiger charge is 1.89. The minimum atomic E-state index is 0.278. The van der Waals surface area contributed by atoms with Crippen LogP contribution in [0, 0.1) is 0 Å². The summed E-state index contributed by atoms with van der Waals surface area (Å²) in [6.07, 6.45) is 0.955. The molecule has 0 aliphatic carbocycles. The van der Waals surface area contributed by atoms with Crippen molar-refractivity contribution in [2.45, 2.75) is 19.4 Å². The standard InChI is InChI=1S/C5H13NO/c1-5(6)3-4-7-2/h5H,3-4,6H2,1-2H3/t5-/m1/s1. The van der Waals surface area contributed by atoms with Crippen LogP contribution in [0.3, 0.4) is 0 Å². The first-order valence-corrected chi connectivity index (χ1v) is 2.52. The van der Waals surface area contributed by atoms with Crippen molar-refractivity contribution in [3.8, 4) is 0 Å². The highest BCUT2D eigenvalue weighted by Crippen LogP contribution is 1.83. The zero-order chi connectivity index (χ0) is 5.70. The predicted molar refractivity (Wildman–Crippen MR) is 30.1 cm³/mol. The van der Waals surface area contributed by atoms with E-state index in [0.717, 1.165) is 13.0 Å². The smallest absolute Gasteiger partial charge is 0.0476 e. The molecule has 0 amide bonds. The topological polar surface area (TPSA) is 35.2 Å². The molecule has 0 saturated carbocycles. The van der Waals surface area contributed by atoms with Crippen molar-refractivity contribution >= 4 is 0 Å². The first kappa shape index (κ1) is 6.92. The second-order valence-corrected chi connectivity index (χ2v) is 1.76. The fraction of sp³-hybridized carbons (Fsp3) is 1.00. The summed E-state index contributed by atoms with van der Waals surface area (Å²) < 4.78 is 4.77. The van der Waals surface area contributed by atoms with Crippen molar-refractivity contribution in [1.29, 1.82) is 0 Å². The van der Waals surface area contributed by atoms with Gasteiger partial charge in [-0.25, -0.2) is 0 Å². The van der Waals surface area contributed by atoms with Gasteiger partial charge in [-0.15, -0.1) is 0 Å². The summed E-state index contributed by atoms with van der Waals surface area (Å²) in [4.78, 5) is 0. The second kappa shape index (κ2) is 4.09. The average Bonchev–Trinajstić information content (AvgIpc) is 1.61. The summed E-state index contributed by atoms with van der Waals surface area (Å²) in [6.45, 7) is 2.75. The summed E-state index contributed by atoms with van der Waals surface area (Å²) >= 11 is 0. The van der Waals surface area contributed by atoms with Crippen LogP contribution in [0.25, 0.3) is 0 Å². The maximum atomic E-state index is 5.40. The first-order chi connectivity index (χ1) is 3.27. The fourth-order valence-corrected chi connectivity index (χ4v) is 0.304. The Kier molecular flexibility index (Phi) is 4.04. The number of rotatable bonds is 3. The van der Waals surface area contributed by atoms with Gasteiger partial charge in [0.1, 0.15) is 0 Å². The van der Waals surface area contributed by atoms with Gasteiger partial charge in [-0.05, 0) is 13.3 Å². The predicted octanol–water partition coefficient (Wildman–Crippen LogP) is 0.370. The Morgan fingerprint density at radius 1 is 1.71 bits per heavy atom. The van der Waals surface area contributed by atoms with Crippen LogP contribution in [0.15, 0.2) is 0 Å². The van der Waals surface area contributed by atoms with Crippen LogP contribution in [-0.4, -0.2) is 19.8 Å². The number of hydrogen-bond acceptors (Lipinski definition) is 2. The average molecular weight is 103 g/mol. The van der Waals surface area contributed by atoms with E-state index in [-0.39, 0.29) is 6.04 Å². The maximum absolute atomic E-state index is 5.40. The third-order valence-corrected chi connectivity index (χ3v) is 0.777. The maximum Gasteiger partial charge on any atom is 0.0476 e. The van der Waals surface area contributed by atoms with E-state index in [4.69, 9.17) is 10.5 Å². The lowest BCUT2D eigenvalue weighted by Crippen LogP contribution is -2.16. The number of ether oxygens (including phenoxy) is 1. The van der Waals surface area contributed by atoms with Crippen LogP contribution in [-0.2, 0) is 4.74 Å². The van der Waals surface area contributed by atoms with Gasteiger partial charge in [0.05, 0.1) is 0 Å². The van der Waals surface area contributed by atoms with Gasteiger partial charge in [0.15, 0.2) is 0 Å². The zero-order valence-electron chi connectivity index (χ0n) is 4.98. The highest BCUT2D eigenvalue weighted by atomic mass is 16.5. The van der Waals surface area contributed by atoms with Gasteiger partial charge < -0.3 is 10.5 Å². The van der Waals surface area contributed by atoms with Gasteiger partial charge in [-0.3, -0.25) is 0 Å². The molecule has 7 heavy (non-hydrogen) atoms. The van der Waals surface area contributed by atoms with Gasteiger partial charge >= 0.3 is 0 Å². The Morgan fingerprint density at radius 3 is 2.43 bits per heavy atom. The SMILES string of the molecule is COCC[C@@H](C)N. The molecule has 0 fully saturated rings. The molecule has 0 aromatic heterocycles. The summed E-state index contributed by atoms with van der Waals surface area (Å²) in [5.41, 5.74) is 5.40. The molecule has 1 atom stereocenters. The molecule has 44 valence electrons. The monoisotopic (exact) mass is 103 g/mol. The molecule has 0 saturated heterocycles. The third-order valence-electron chi connectivity index (χ3n) is 0.777.